The van der Waals surface area contributed by atoms with Crippen molar-refractivity contribution in [1.29, 1.82) is 0 Å². The highest BCUT2D eigenvalue weighted by molar-refractivity contribution is 5.92. The van der Waals surface area contributed by atoms with Crippen molar-refractivity contribution in [1.82, 2.24) is 0 Å². The van der Waals surface area contributed by atoms with Crippen LogP contribution in [-0.2, 0) is 9.59 Å². The summed E-state index contributed by atoms with van der Waals surface area (Å²) in [5.41, 5.74) is 1.55. The third-order valence-corrected chi connectivity index (χ3v) is 10.2. The quantitative estimate of drug-likeness (QED) is 0.598. The Labute approximate surface area is 187 Å². The molecule has 174 valence electrons. The van der Waals surface area contributed by atoms with Gasteiger partial charge in [-0.1, -0.05) is 39.3 Å². The summed E-state index contributed by atoms with van der Waals surface area (Å²) in [6.45, 7) is 8.77. The maximum Gasteiger partial charge on any atom is 0.137 e. The third-order valence-electron chi connectivity index (χ3n) is 10.2. The van der Waals surface area contributed by atoms with Gasteiger partial charge in [0.05, 0.1) is 6.10 Å². The van der Waals surface area contributed by atoms with Gasteiger partial charge in [-0.15, -0.1) is 0 Å². The van der Waals surface area contributed by atoms with Gasteiger partial charge < -0.3 is 10.2 Å². The van der Waals surface area contributed by atoms with Crippen LogP contribution < -0.4 is 0 Å². The van der Waals surface area contributed by atoms with E-state index in [4.69, 9.17) is 0 Å². The van der Waals surface area contributed by atoms with Gasteiger partial charge in [0.1, 0.15) is 11.6 Å². The van der Waals surface area contributed by atoms with E-state index in [2.05, 4.69) is 19.9 Å². The zero-order valence-corrected chi connectivity index (χ0v) is 19.9. The summed E-state index contributed by atoms with van der Waals surface area (Å²) in [6, 6.07) is 0. The number of rotatable bonds is 6. The van der Waals surface area contributed by atoms with Crippen LogP contribution in [0.25, 0.3) is 0 Å². The molecular weight excluding hydrogens is 388 g/mol. The first-order valence-electron chi connectivity index (χ1n) is 12.7. The number of Topliss-reactive ketones (excluding diaryl/α,β-unsaturated/α-hetero) is 2. The van der Waals surface area contributed by atoms with Gasteiger partial charge in [0.2, 0.25) is 0 Å². The number of carbonyl (C=O) groups is 2. The highest BCUT2D eigenvalue weighted by Gasteiger charge is 2.62. The Morgan fingerprint density at radius 2 is 1.90 bits per heavy atom. The molecule has 4 heteroatoms. The Morgan fingerprint density at radius 1 is 1.16 bits per heavy atom. The van der Waals surface area contributed by atoms with Crippen LogP contribution in [0.2, 0.25) is 0 Å². The molecule has 0 aromatic carbocycles. The summed E-state index contributed by atoms with van der Waals surface area (Å²) in [5, 5.41) is 19.5. The fourth-order valence-corrected chi connectivity index (χ4v) is 8.22. The van der Waals surface area contributed by atoms with E-state index in [-0.39, 0.29) is 47.1 Å². The van der Waals surface area contributed by atoms with Crippen LogP contribution in [-0.4, -0.2) is 34.5 Å². The maximum atomic E-state index is 13.3. The Morgan fingerprint density at radius 3 is 2.61 bits per heavy atom. The predicted octanol–water partition coefficient (Wildman–Crippen LogP) is 4.72. The van der Waals surface area contributed by atoms with E-state index in [0.717, 1.165) is 38.5 Å². The second kappa shape index (κ2) is 8.41. The summed E-state index contributed by atoms with van der Waals surface area (Å²) in [4.78, 5) is 26.3. The van der Waals surface area contributed by atoms with Gasteiger partial charge >= 0.3 is 0 Å². The number of ketones is 2. The number of hydrogen-bond acceptors (Lipinski definition) is 4. The van der Waals surface area contributed by atoms with Gasteiger partial charge in [-0.2, -0.15) is 0 Å². The van der Waals surface area contributed by atoms with E-state index in [1.54, 1.807) is 0 Å². The molecular formula is C27H42O4. The van der Waals surface area contributed by atoms with Gasteiger partial charge in [-0.3, -0.25) is 9.59 Å². The summed E-state index contributed by atoms with van der Waals surface area (Å²) in [6.07, 6.45) is 9.96. The lowest BCUT2D eigenvalue weighted by Crippen LogP contribution is -2.51. The van der Waals surface area contributed by atoms with Gasteiger partial charge in [0.25, 0.3) is 0 Å². The smallest absolute Gasteiger partial charge is 0.137 e. The molecule has 31 heavy (non-hydrogen) atoms. The van der Waals surface area contributed by atoms with E-state index in [1.807, 2.05) is 13.8 Å². The van der Waals surface area contributed by atoms with Crippen molar-refractivity contribution in [3.63, 3.8) is 0 Å². The molecule has 0 radical (unpaired) electrons. The summed E-state index contributed by atoms with van der Waals surface area (Å²) >= 11 is 0. The first kappa shape index (κ1) is 23.2. The highest BCUT2D eigenvalue weighted by Crippen LogP contribution is 2.66. The molecule has 9 atom stereocenters. The molecule has 2 N–H and O–H groups in total. The van der Waals surface area contributed by atoms with Crippen LogP contribution in [0.1, 0.15) is 85.5 Å². The molecule has 4 aliphatic rings. The Kier molecular flexibility index (Phi) is 6.28. The molecule has 4 nitrogen and oxygen atoms in total. The zero-order chi connectivity index (χ0) is 22.6. The molecule has 3 saturated carbocycles. The molecule has 0 spiro atoms. The predicted molar refractivity (Wildman–Crippen MR) is 121 cm³/mol. The first-order valence-corrected chi connectivity index (χ1v) is 12.7. The van der Waals surface area contributed by atoms with Crippen molar-refractivity contribution in [2.75, 3.05) is 6.61 Å². The highest BCUT2D eigenvalue weighted by atomic mass is 16.3. The van der Waals surface area contributed by atoms with Crippen LogP contribution >= 0.6 is 0 Å². The monoisotopic (exact) mass is 430 g/mol. The molecule has 0 bridgehead atoms. The van der Waals surface area contributed by atoms with Gasteiger partial charge in [-0.05, 0) is 79.4 Å². The van der Waals surface area contributed by atoms with Crippen LogP contribution in [0.3, 0.4) is 0 Å². The lowest BCUT2D eigenvalue weighted by Gasteiger charge is -2.58. The fraction of sp³-hybridized carbons (Fsp3) is 0.852. The van der Waals surface area contributed by atoms with Crippen molar-refractivity contribution in [2.45, 2.75) is 91.6 Å². The minimum Gasteiger partial charge on any atom is -0.396 e. The number of carbonyl (C=O) groups excluding carboxylic acids is 2. The van der Waals surface area contributed by atoms with E-state index >= 15 is 0 Å². The van der Waals surface area contributed by atoms with Crippen LogP contribution in [0.15, 0.2) is 11.6 Å². The summed E-state index contributed by atoms with van der Waals surface area (Å²) < 4.78 is 0. The molecule has 0 saturated heterocycles. The SMILES string of the molecule is CC(CO)CCC(=O)C(C)C1C(=O)CC2[C@H]3CC=C4C[C@H](O)CC[C@@]4(C)C3CC[C@@]12C. The first-order chi connectivity index (χ1) is 14.6. The molecule has 0 aromatic heterocycles. The lowest BCUT2D eigenvalue weighted by molar-refractivity contribution is -0.134. The van der Waals surface area contributed by atoms with Crippen LogP contribution in [0.5, 0.6) is 0 Å². The normalized spacial score (nSPS) is 44.0. The average Bonchev–Trinajstić information content (AvgIpc) is 3.01. The molecule has 4 aliphatic carbocycles. The standard InChI is InChI=1S/C27H42O4/c1-16(15-28)5-8-23(30)17(2)25-24(31)14-22-20-7-6-18-13-19(29)9-11-26(18,3)21(20)10-12-27(22,25)4/h6,16-17,19-22,25,28-29H,5,7-15H2,1-4H3/t16?,17?,19-,20+,21?,22?,25?,26-,27-/m1/s1. The molecule has 0 heterocycles. The van der Waals surface area contributed by atoms with E-state index < -0.39 is 0 Å². The van der Waals surface area contributed by atoms with Crippen molar-refractivity contribution in [2.24, 2.45) is 46.3 Å². The number of fused-ring (bicyclic) bond motifs is 5. The summed E-state index contributed by atoms with van der Waals surface area (Å²) in [5.74, 6) is 1.75. The molecule has 0 amide bonds. The number of aliphatic hydroxyl groups excluding tert-OH is 2. The minimum absolute atomic E-state index is 0.0776. The second-order valence-corrected chi connectivity index (χ2v) is 11.9. The van der Waals surface area contributed by atoms with Gasteiger partial charge in [-0.25, -0.2) is 0 Å². The Bertz CT molecular complexity index is 756. The molecule has 3 fully saturated rings. The van der Waals surface area contributed by atoms with Gasteiger partial charge in [0, 0.05) is 31.3 Å². The zero-order valence-electron chi connectivity index (χ0n) is 19.9. The largest absolute Gasteiger partial charge is 0.396 e. The van der Waals surface area contributed by atoms with E-state index in [9.17, 15) is 19.8 Å². The van der Waals surface area contributed by atoms with Gasteiger partial charge in [0.15, 0.2) is 0 Å². The summed E-state index contributed by atoms with van der Waals surface area (Å²) in [7, 11) is 0. The Balaban J connectivity index is 1.54. The van der Waals surface area contributed by atoms with Crippen molar-refractivity contribution >= 4 is 11.6 Å². The van der Waals surface area contributed by atoms with Crippen LogP contribution in [0, 0.1) is 46.3 Å². The molecule has 4 rings (SSSR count). The molecule has 5 unspecified atom stereocenters. The number of aliphatic hydroxyl groups is 2. The molecule has 0 aromatic rings. The second-order valence-electron chi connectivity index (χ2n) is 11.9. The maximum absolute atomic E-state index is 13.3. The fourth-order valence-electron chi connectivity index (χ4n) is 8.22. The van der Waals surface area contributed by atoms with Crippen LogP contribution in [0.4, 0.5) is 0 Å². The third kappa shape index (κ3) is 3.76. The van der Waals surface area contributed by atoms with Crippen molar-refractivity contribution in [3.05, 3.63) is 11.6 Å². The lowest BCUT2D eigenvalue weighted by atomic mass is 9.47. The van der Waals surface area contributed by atoms with Crippen molar-refractivity contribution in [3.8, 4) is 0 Å². The van der Waals surface area contributed by atoms with Crippen molar-refractivity contribution < 1.29 is 19.8 Å². The Hall–Kier alpha value is -1.00. The van der Waals surface area contributed by atoms with E-state index in [1.165, 1.54) is 5.57 Å². The van der Waals surface area contributed by atoms with E-state index in [0.29, 0.717) is 42.8 Å². The minimum atomic E-state index is -0.222. The average molecular weight is 431 g/mol. The number of allylic oxidation sites excluding steroid dienone is 1. The molecule has 0 aliphatic heterocycles. The number of hydrogen-bond donors (Lipinski definition) is 2. The topological polar surface area (TPSA) is 74.6 Å².